The number of nitrogens with one attached hydrogen (secondary N) is 1. The highest BCUT2D eigenvalue weighted by atomic mass is 32.2. The molecule has 0 aliphatic carbocycles. The average molecular weight is 439 g/mol. The van der Waals surface area contributed by atoms with E-state index < -0.39 is 15.8 Å². The summed E-state index contributed by atoms with van der Waals surface area (Å²) in [6.07, 6.45) is 5.37. The first-order chi connectivity index (χ1) is 15.0. The molecule has 0 spiro atoms. The second kappa shape index (κ2) is 7.62. The molecule has 2 aromatic carbocycles. The van der Waals surface area contributed by atoms with Crippen molar-refractivity contribution in [3.8, 4) is 11.1 Å². The largest absolute Gasteiger partial charge is 0.317 e. The number of halogens is 1. The summed E-state index contributed by atoms with van der Waals surface area (Å²) in [7, 11) is -3.88. The molecule has 1 saturated heterocycles. The highest BCUT2D eigenvalue weighted by Gasteiger charge is 2.25. The molecule has 2 aromatic heterocycles. The Morgan fingerprint density at radius 1 is 1.06 bits per heavy atom. The maximum atomic E-state index is 14.1. The lowest BCUT2D eigenvalue weighted by Crippen LogP contribution is -2.30. The van der Waals surface area contributed by atoms with Crippen molar-refractivity contribution >= 4 is 20.9 Å². The third-order valence-electron chi connectivity index (χ3n) is 6.02. The van der Waals surface area contributed by atoms with E-state index in [2.05, 4.69) is 10.4 Å². The van der Waals surface area contributed by atoms with Crippen LogP contribution in [0.2, 0.25) is 0 Å². The molecule has 1 fully saturated rings. The zero-order chi connectivity index (χ0) is 21.6. The zero-order valence-corrected chi connectivity index (χ0v) is 17.9. The van der Waals surface area contributed by atoms with Gasteiger partial charge in [0.05, 0.1) is 22.7 Å². The SMILES string of the molecule is Cc1c(-c2cn(S(=O)(=O)c3ccccc3)c3cc(F)ccc23)cnn1C1CCNCC1. The quantitative estimate of drug-likeness (QED) is 0.521. The zero-order valence-electron chi connectivity index (χ0n) is 17.1. The highest BCUT2D eigenvalue weighted by molar-refractivity contribution is 7.90. The Bertz CT molecular complexity index is 1350. The van der Waals surface area contributed by atoms with Crippen molar-refractivity contribution in [2.75, 3.05) is 13.1 Å². The predicted octanol–water partition coefficient (Wildman–Crippen LogP) is 4.11. The van der Waals surface area contributed by atoms with Crippen molar-refractivity contribution in [2.45, 2.75) is 30.7 Å². The molecular weight excluding hydrogens is 415 g/mol. The minimum atomic E-state index is -3.88. The van der Waals surface area contributed by atoms with E-state index in [0.29, 0.717) is 16.9 Å². The van der Waals surface area contributed by atoms with Crippen LogP contribution < -0.4 is 5.32 Å². The number of hydrogen-bond donors (Lipinski definition) is 1. The third-order valence-corrected chi connectivity index (χ3v) is 7.71. The molecular formula is C23H23FN4O2S. The average Bonchev–Trinajstić information content (AvgIpc) is 3.35. The normalized spacial score (nSPS) is 15.5. The molecule has 0 unspecified atom stereocenters. The monoisotopic (exact) mass is 438 g/mol. The van der Waals surface area contributed by atoms with Gasteiger partial charge in [-0.15, -0.1) is 0 Å². The Morgan fingerprint density at radius 2 is 1.81 bits per heavy atom. The molecule has 8 heteroatoms. The third kappa shape index (κ3) is 3.36. The van der Waals surface area contributed by atoms with Crippen LogP contribution in [0.4, 0.5) is 4.39 Å². The van der Waals surface area contributed by atoms with E-state index in [1.54, 1.807) is 48.8 Å². The van der Waals surface area contributed by atoms with Crippen LogP contribution >= 0.6 is 0 Å². The Hall–Kier alpha value is -2.97. The van der Waals surface area contributed by atoms with E-state index in [-0.39, 0.29) is 4.90 Å². The number of fused-ring (bicyclic) bond motifs is 1. The van der Waals surface area contributed by atoms with E-state index >= 15 is 0 Å². The fourth-order valence-electron chi connectivity index (χ4n) is 4.40. The maximum Gasteiger partial charge on any atom is 0.268 e. The summed E-state index contributed by atoms with van der Waals surface area (Å²) in [5.74, 6) is -0.483. The molecule has 3 heterocycles. The van der Waals surface area contributed by atoms with Gasteiger partial charge in [-0.1, -0.05) is 18.2 Å². The number of rotatable bonds is 4. The van der Waals surface area contributed by atoms with Gasteiger partial charge in [0.2, 0.25) is 0 Å². The van der Waals surface area contributed by atoms with Gasteiger partial charge in [-0.3, -0.25) is 4.68 Å². The molecule has 5 rings (SSSR count). The van der Waals surface area contributed by atoms with Crippen molar-refractivity contribution < 1.29 is 12.8 Å². The second-order valence-corrected chi connectivity index (χ2v) is 9.70. The van der Waals surface area contributed by atoms with Crippen LogP contribution in [0.5, 0.6) is 0 Å². The first kappa shape index (κ1) is 20.0. The number of aromatic nitrogens is 3. The molecule has 1 N–H and O–H groups in total. The molecule has 0 radical (unpaired) electrons. The molecule has 1 aliphatic rings. The van der Waals surface area contributed by atoms with E-state index in [1.165, 1.54) is 16.1 Å². The van der Waals surface area contributed by atoms with Gasteiger partial charge in [0.15, 0.2) is 0 Å². The number of piperidine rings is 1. The van der Waals surface area contributed by atoms with Gasteiger partial charge in [0.25, 0.3) is 10.0 Å². The molecule has 0 amide bonds. The Labute approximate surface area is 180 Å². The number of benzene rings is 2. The first-order valence-corrected chi connectivity index (χ1v) is 11.8. The van der Waals surface area contributed by atoms with Gasteiger partial charge in [-0.25, -0.2) is 16.8 Å². The van der Waals surface area contributed by atoms with Gasteiger partial charge < -0.3 is 5.32 Å². The summed E-state index contributed by atoms with van der Waals surface area (Å²) < 4.78 is 44.0. The number of hydrogen-bond acceptors (Lipinski definition) is 4. The van der Waals surface area contributed by atoms with Gasteiger partial charge in [0.1, 0.15) is 5.82 Å². The maximum absolute atomic E-state index is 14.1. The van der Waals surface area contributed by atoms with Crippen LogP contribution in [-0.4, -0.2) is 35.3 Å². The van der Waals surface area contributed by atoms with Crippen molar-refractivity contribution in [1.29, 1.82) is 0 Å². The predicted molar refractivity (Wildman–Crippen MR) is 118 cm³/mol. The van der Waals surface area contributed by atoms with Crippen molar-refractivity contribution in [3.05, 3.63) is 72.4 Å². The lowest BCUT2D eigenvalue weighted by Gasteiger charge is -2.24. The van der Waals surface area contributed by atoms with Crippen molar-refractivity contribution in [2.24, 2.45) is 0 Å². The molecule has 160 valence electrons. The van der Waals surface area contributed by atoms with Crippen LogP contribution in [0, 0.1) is 12.7 Å². The summed E-state index contributed by atoms with van der Waals surface area (Å²) >= 11 is 0. The summed E-state index contributed by atoms with van der Waals surface area (Å²) in [5, 5.41) is 8.66. The second-order valence-electron chi connectivity index (χ2n) is 7.89. The van der Waals surface area contributed by atoms with Crippen LogP contribution in [0.3, 0.4) is 0 Å². The van der Waals surface area contributed by atoms with E-state index in [1.807, 2.05) is 11.6 Å². The first-order valence-electron chi connectivity index (χ1n) is 10.3. The lowest BCUT2D eigenvalue weighted by molar-refractivity contribution is 0.338. The molecule has 0 saturated carbocycles. The minimum Gasteiger partial charge on any atom is -0.317 e. The summed E-state index contributed by atoms with van der Waals surface area (Å²) in [5.41, 5.74) is 2.88. The molecule has 6 nitrogen and oxygen atoms in total. The van der Waals surface area contributed by atoms with Crippen molar-refractivity contribution in [3.63, 3.8) is 0 Å². The van der Waals surface area contributed by atoms with Gasteiger partial charge in [-0.2, -0.15) is 5.10 Å². The van der Waals surface area contributed by atoms with Crippen LogP contribution in [0.25, 0.3) is 22.0 Å². The van der Waals surface area contributed by atoms with Crippen LogP contribution in [-0.2, 0) is 10.0 Å². The fourth-order valence-corrected chi connectivity index (χ4v) is 5.78. The van der Waals surface area contributed by atoms with Gasteiger partial charge >= 0.3 is 0 Å². The molecule has 0 bridgehead atoms. The van der Waals surface area contributed by atoms with Gasteiger partial charge in [-0.05, 0) is 63.2 Å². The van der Waals surface area contributed by atoms with Crippen molar-refractivity contribution in [1.82, 2.24) is 19.1 Å². The topological polar surface area (TPSA) is 68.9 Å². The Morgan fingerprint density at radius 3 is 2.55 bits per heavy atom. The van der Waals surface area contributed by atoms with E-state index in [0.717, 1.165) is 42.8 Å². The molecule has 31 heavy (non-hydrogen) atoms. The summed E-state index contributed by atoms with van der Waals surface area (Å²) in [6, 6.07) is 12.8. The Balaban J connectivity index is 1.69. The van der Waals surface area contributed by atoms with E-state index in [9.17, 15) is 12.8 Å². The van der Waals surface area contributed by atoms with Gasteiger partial charge in [0, 0.05) is 28.4 Å². The molecule has 0 atom stereocenters. The lowest BCUT2D eigenvalue weighted by atomic mass is 10.0. The molecule has 1 aliphatic heterocycles. The minimum absolute atomic E-state index is 0.157. The summed E-state index contributed by atoms with van der Waals surface area (Å²) in [4.78, 5) is 0.157. The highest BCUT2D eigenvalue weighted by Crippen LogP contribution is 2.36. The smallest absolute Gasteiger partial charge is 0.268 e. The fraction of sp³-hybridized carbons (Fsp3) is 0.261. The van der Waals surface area contributed by atoms with Crippen LogP contribution in [0.15, 0.2) is 65.8 Å². The standard InChI is InChI=1S/C23H23FN4O2S/c1-16-21(14-26-28(16)18-9-11-25-12-10-18)22-15-27(23-13-17(24)7-8-20(22)23)31(29,30)19-5-3-2-4-6-19/h2-8,13-15,18,25H,9-12H2,1H3. The van der Waals surface area contributed by atoms with E-state index in [4.69, 9.17) is 0 Å². The molecule has 4 aromatic rings. The summed E-state index contributed by atoms with van der Waals surface area (Å²) in [6.45, 7) is 3.91. The van der Waals surface area contributed by atoms with Crippen LogP contribution in [0.1, 0.15) is 24.6 Å². The number of nitrogens with zero attached hydrogens (tertiary/aromatic N) is 3. The Kier molecular flexibility index (Phi) is 4.91.